The van der Waals surface area contributed by atoms with E-state index in [1.807, 2.05) is 0 Å². The third-order valence-electron chi connectivity index (χ3n) is 1.40. The summed E-state index contributed by atoms with van der Waals surface area (Å²) in [5, 5.41) is 2.48. The summed E-state index contributed by atoms with van der Waals surface area (Å²) < 4.78 is 29.0. The maximum absolute atomic E-state index is 11.2. The van der Waals surface area contributed by atoms with Crippen LogP contribution >= 0.6 is 10.8 Å². The Hall–Kier alpha value is -0.0500. The van der Waals surface area contributed by atoms with Crippen molar-refractivity contribution in [3.8, 4) is 0 Å². The number of hydrogen-bond donors (Lipinski definition) is 2. The van der Waals surface area contributed by atoms with Gasteiger partial charge >= 0.3 is 38.7 Å². The Kier molecular flexibility index (Phi) is 7.29. The molecular formula is C8H9NNaO4S2+. The first-order valence-corrected chi connectivity index (χ1v) is 6.88. The Balaban J connectivity index is 0.00000225. The fraction of sp³-hybridized carbons (Fsp3) is 0.125. The van der Waals surface area contributed by atoms with Crippen LogP contribution in [0.15, 0.2) is 30.3 Å². The van der Waals surface area contributed by atoms with Crippen LogP contribution in [0.2, 0.25) is 0 Å². The summed E-state index contributed by atoms with van der Waals surface area (Å²) in [5.74, 6) is -0.822. The zero-order valence-electron chi connectivity index (χ0n) is 8.58. The van der Waals surface area contributed by atoms with E-state index in [1.54, 1.807) is 30.3 Å². The molecule has 0 unspecified atom stereocenters. The van der Waals surface area contributed by atoms with Gasteiger partial charge in [-0.2, -0.15) is 8.42 Å². The Labute approximate surface area is 119 Å². The summed E-state index contributed by atoms with van der Waals surface area (Å²) in [7, 11) is -3.98. The second-order valence-electron chi connectivity index (χ2n) is 2.60. The molecule has 0 saturated carbocycles. The minimum atomic E-state index is -4.16. The molecule has 0 aliphatic rings. The molecule has 16 heavy (non-hydrogen) atoms. The molecule has 8 heteroatoms. The van der Waals surface area contributed by atoms with Crippen molar-refractivity contribution < 1.29 is 47.3 Å². The number of amides is 1. The van der Waals surface area contributed by atoms with Gasteiger partial charge in [-0.1, -0.05) is 18.2 Å². The summed E-state index contributed by atoms with van der Waals surface area (Å²) in [4.78, 5) is 11.2. The predicted molar refractivity (Wildman–Crippen MR) is 59.1 cm³/mol. The van der Waals surface area contributed by atoms with Gasteiger partial charge in [0.05, 0.1) is 5.75 Å². The molecule has 0 aliphatic heterocycles. The van der Waals surface area contributed by atoms with Crippen molar-refractivity contribution in [2.45, 2.75) is 0 Å². The maximum Gasteiger partial charge on any atom is 1.00 e. The van der Waals surface area contributed by atoms with E-state index in [4.69, 9.17) is 4.55 Å². The molecule has 0 aromatic heterocycles. The molecule has 0 heterocycles. The molecule has 0 atom stereocenters. The standard InChI is InChI=1S/C8H9NO4S2.Na/c10-8(6-14-15(11,12)13)9-7-4-2-1-3-5-7;/h1-5H,6H2,(H,9,10)(H,11,12,13);/q;+1. The van der Waals surface area contributed by atoms with Gasteiger partial charge in [0.25, 0.3) is 0 Å². The summed E-state index contributed by atoms with van der Waals surface area (Å²) in [5.41, 5.74) is 0.582. The van der Waals surface area contributed by atoms with Crippen molar-refractivity contribution in [3.05, 3.63) is 30.3 Å². The van der Waals surface area contributed by atoms with Crippen LogP contribution in [-0.2, 0) is 13.9 Å². The Morgan fingerprint density at radius 2 is 1.88 bits per heavy atom. The van der Waals surface area contributed by atoms with E-state index in [-0.39, 0.29) is 46.1 Å². The number of carbonyl (C=O) groups excluding carboxylic acids is 1. The van der Waals surface area contributed by atoms with Crippen LogP contribution in [0.25, 0.3) is 0 Å². The third kappa shape index (κ3) is 7.26. The van der Waals surface area contributed by atoms with Crippen LogP contribution < -0.4 is 34.9 Å². The van der Waals surface area contributed by atoms with Crippen LogP contribution in [0.4, 0.5) is 5.69 Å². The van der Waals surface area contributed by atoms with Crippen molar-refractivity contribution in [1.82, 2.24) is 0 Å². The quantitative estimate of drug-likeness (QED) is 0.382. The van der Waals surface area contributed by atoms with Gasteiger partial charge in [-0.3, -0.25) is 9.35 Å². The summed E-state index contributed by atoms with van der Waals surface area (Å²) in [6.45, 7) is 0. The monoisotopic (exact) mass is 270 g/mol. The van der Waals surface area contributed by atoms with Crippen LogP contribution in [-0.4, -0.2) is 24.6 Å². The molecule has 82 valence electrons. The van der Waals surface area contributed by atoms with Gasteiger partial charge in [-0.05, 0) is 12.1 Å². The topological polar surface area (TPSA) is 83.5 Å². The first kappa shape index (κ1) is 16.0. The number of anilines is 1. The van der Waals surface area contributed by atoms with Gasteiger partial charge in [0.2, 0.25) is 5.91 Å². The number of carbonyl (C=O) groups is 1. The zero-order valence-corrected chi connectivity index (χ0v) is 12.2. The van der Waals surface area contributed by atoms with Crippen LogP contribution in [0, 0.1) is 0 Å². The van der Waals surface area contributed by atoms with Crippen LogP contribution in [0.5, 0.6) is 0 Å². The van der Waals surface area contributed by atoms with Crippen LogP contribution in [0.3, 0.4) is 0 Å². The Bertz CT molecular complexity index is 435. The van der Waals surface area contributed by atoms with Crippen molar-refractivity contribution in [2.75, 3.05) is 11.1 Å². The minimum Gasteiger partial charge on any atom is -0.325 e. The van der Waals surface area contributed by atoms with Crippen molar-refractivity contribution in [2.24, 2.45) is 0 Å². The molecule has 0 saturated heterocycles. The van der Waals surface area contributed by atoms with Crippen molar-refractivity contribution in [3.63, 3.8) is 0 Å². The molecular weight excluding hydrogens is 261 g/mol. The van der Waals surface area contributed by atoms with Crippen molar-refractivity contribution >= 4 is 31.5 Å². The van der Waals surface area contributed by atoms with Crippen molar-refractivity contribution in [1.29, 1.82) is 0 Å². The molecule has 0 bridgehead atoms. The summed E-state index contributed by atoms with van der Waals surface area (Å²) in [6.07, 6.45) is 0. The Morgan fingerprint density at radius 3 is 2.38 bits per heavy atom. The molecule has 1 amide bonds. The average molecular weight is 270 g/mol. The van der Waals surface area contributed by atoms with Gasteiger partial charge in [0, 0.05) is 16.5 Å². The fourth-order valence-corrected chi connectivity index (χ4v) is 1.94. The fourth-order valence-electron chi connectivity index (χ4n) is 0.847. The van der Waals surface area contributed by atoms with E-state index in [0.717, 1.165) is 0 Å². The zero-order chi connectivity index (χ0) is 11.3. The number of nitrogens with one attached hydrogen (secondary N) is 1. The smallest absolute Gasteiger partial charge is 0.325 e. The molecule has 1 aromatic rings. The van der Waals surface area contributed by atoms with Gasteiger partial charge in [0.1, 0.15) is 0 Å². The molecule has 0 fully saturated rings. The molecule has 0 spiro atoms. The van der Waals surface area contributed by atoms with E-state index in [9.17, 15) is 13.2 Å². The average Bonchev–Trinajstić information content (AvgIpc) is 2.15. The summed E-state index contributed by atoms with van der Waals surface area (Å²) in [6, 6.07) is 8.63. The summed E-state index contributed by atoms with van der Waals surface area (Å²) >= 11 is 0. The molecule has 1 rings (SSSR count). The van der Waals surface area contributed by atoms with Gasteiger partial charge in [-0.25, -0.2) is 0 Å². The minimum absolute atomic E-state index is 0. The number of hydrogen-bond acceptors (Lipinski definition) is 4. The van der Waals surface area contributed by atoms with Crippen LogP contribution in [0.1, 0.15) is 0 Å². The number of benzene rings is 1. The van der Waals surface area contributed by atoms with E-state index in [2.05, 4.69) is 5.32 Å². The predicted octanol–water partition coefficient (Wildman–Crippen LogP) is -1.83. The molecule has 0 aliphatic carbocycles. The Morgan fingerprint density at radius 1 is 1.31 bits per heavy atom. The van der Waals surface area contributed by atoms with E-state index >= 15 is 0 Å². The first-order valence-electron chi connectivity index (χ1n) is 3.94. The number of rotatable bonds is 4. The maximum atomic E-state index is 11.2. The van der Waals surface area contributed by atoms with E-state index in [0.29, 0.717) is 5.69 Å². The number of para-hydroxylation sites is 1. The normalized spacial score (nSPS) is 10.3. The third-order valence-corrected chi connectivity index (χ3v) is 3.32. The van der Waals surface area contributed by atoms with Gasteiger partial charge in [0.15, 0.2) is 0 Å². The van der Waals surface area contributed by atoms with E-state index in [1.165, 1.54) is 0 Å². The second-order valence-corrected chi connectivity index (χ2v) is 5.95. The SMILES string of the molecule is O=C(CSS(=O)(=O)O)Nc1ccccc1.[Na+]. The largest absolute Gasteiger partial charge is 1.00 e. The second kappa shape index (κ2) is 7.31. The molecule has 2 N–H and O–H groups in total. The molecule has 0 radical (unpaired) electrons. The van der Waals surface area contributed by atoms with Gasteiger partial charge in [-0.15, -0.1) is 0 Å². The molecule has 5 nitrogen and oxygen atoms in total. The molecule has 1 aromatic carbocycles. The van der Waals surface area contributed by atoms with E-state index < -0.39 is 15.1 Å². The van der Waals surface area contributed by atoms with Gasteiger partial charge < -0.3 is 5.32 Å². The first-order chi connectivity index (χ1) is 6.97.